The van der Waals surface area contributed by atoms with Gasteiger partial charge in [0.1, 0.15) is 11.5 Å². The molecular formula is C14H13O2. The second kappa shape index (κ2) is 4.71. The fourth-order valence-corrected chi connectivity index (χ4v) is 1.60. The zero-order valence-electron chi connectivity index (χ0n) is 9.36. The molecule has 0 spiro atoms. The zero-order chi connectivity index (χ0) is 11.4. The highest BCUT2D eigenvalue weighted by atomic mass is 16.5. The van der Waals surface area contributed by atoms with Crippen LogP contribution in [-0.4, -0.2) is 14.2 Å². The van der Waals surface area contributed by atoms with Gasteiger partial charge in [-0.15, -0.1) is 0 Å². The van der Waals surface area contributed by atoms with Crippen LogP contribution in [0.15, 0.2) is 42.5 Å². The summed E-state index contributed by atoms with van der Waals surface area (Å²) < 4.78 is 10.5. The predicted molar refractivity (Wildman–Crippen MR) is 63.8 cm³/mol. The molecule has 2 nitrogen and oxygen atoms in total. The van der Waals surface area contributed by atoms with Crippen molar-refractivity contribution in [3.8, 4) is 22.6 Å². The van der Waals surface area contributed by atoms with E-state index in [9.17, 15) is 0 Å². The molecule has 2 aromatic carbocycles. The van der Waals surface area contributed by atoms with Gasteiger partial charge in [0.15, 0.2) is 0 Å². The summed E-state index contributed by atoms with van der Waals surface area (Å²) in [6, 6.07) is 16.6. The van der Waals surface area contributed by atoms with Crippen molar-refractivity contribution in [1.29, 1.82) is 0 Å². The molecule has 0 fully saturated rings. The highest BCUT2D eigenvalue weighted by Crippen LogP contribution is 2.32. The molecule has 0 amide bonds. The Morgan fingerprint density at radius 1 is 1.06 bits per heavy atom. The Morgan fingerprint density at radius 3 is 2.56 bits per heavy atom. The highest BCUT2D eigenvalue weighted by Gasteiger charge is 2.06. The number of methoxy groups -OCH3 is 2. The van der Waals surface area contributed by atoms with Gasteiger partial charge >= 0.3 is 0 Å². The maximum absolute atomic E-state index is 5.35. The van der Waals surface area contributed by atoms with Crippen LogP contribution in [0.2, 0.25) is 0 Å². The van der Waals surface area contributed by atoms with Gasteiger partial charge in [0.2, 0.25) is 0 Å². The van der Waals surface area contributed by atoms with Crippen molar-refractivity contribution in [1.82, 2.24) is 0 Å². The van der Waals surface area contributed by atoms with E-state index in [1.54, 1.807) is 14.2 Å². The van der Waals surface area contributed by atoms with Crippen molar-refractivity contribution in [2.75, 3.05) is 14.2 Å². The number of hydrogen-bond donors (Lipinski definition) is 0. The summed E-state index contributed by atoms with van der Waals surface area (Å²) in [5, 5.41) is 0. The first-order chi connectivity index (χ1) is 7.85. The molecule has 1 radical (unpaired) electrons. The van der Waals surface area contributed by atoms with E-state index in [2.05, 4.69) is 6.07 Å². The first kappa shape index (κ1) is 10.6. The molecule has 2 rings (SSSR count). The standard InChI is InChI=1S/C14H13O2/c1-15-12-8-9-13(14(10-12)16-2)11-6-4-3-5-7-11/h3-4,6-10H,1-2H3. The summed E-state index contributed by atoms with van der Waals surface area (Å²) >= 11 is 0. The van der Waals surface area contributed by atoms with Gasteiger partial charge in [-0.1, -0.05) is 18.2 Å². The Labute approximate surface area is 95.4 Å². The van der Waals surface area contributed by atoms with Crippen LogP contribution >= 0.6 is 0 Å². The lowest BCUT2D eigenvalue weighted by Gasteiger charge is -2.10. The van der Waals surface area contributed by atoms with E-state index in [0.29, 0.717) is 0 Å². The Hall–Kier alpha value is -1.96. The van der Waals surface area contributed by atoms with Crippen LogP contribution < -0.4 is 9.47 Å². The highest BCUT2D eigenvalue weighted by molar-refractivity contribution is 5.71. The van der Waals surface area contributed by atoms with Gasteiger partial charge in [-0.3, -0.25) is 0 Å². The predicted octanol–water partition coefficient (Wildman–Crippen LogP) is 3.17. The van der Waals surface area contributed by atoms with Crippen LogP contribution in [0.25, 0.3) is 11.1 Å². The minimum atomic E-state index is 0.792. The third kappa shape index (κ3) is 2.01. The molecule has 0 bridgehead atoms. The molecule has 0 saturated carbocycles. The van der Waals surface area contributed by atoms with E-state index in [1.807, 2.05) is 42.5 Å². The number of hydrogen-bond acceptors (Lipinski definition) is 2. The SMILES string of the molecule is COc1ccc(-c2c[c]ccc2)c(OC)c1. The molecule has 81 valence electrons. The first-order valence-electron chi connectivity index (χ1n) is 5.03. The molecule has 0 aliphatic rings. The third-order valence-electron chi connectivity index (χ3n) is 2.43. The van der Waals surface area contributed by atoms with Crippen molar-refractivity contribution >= 4 is 0 Å². The Balaban J connectivity index is 2.49. The Kier molecular flexibility index (Phi) is 3.10. The van der Waals surface area contributed by atoms with Crippen LogP contribution in [0.1, 0.15) is 0 Å². The maximum Gasteiger partial charge on any atom is 0.130 e. The quantitative estimate of drug-likeness (QED) is 0.779. The summed E-state index contributed by atoms with van der Waals surface area (Å²) in [7, 11) is 3.30. The summed E-state index contributed by atoms with van der Waals surface area (Å²) in [4.78, 5) is 0. The fraction of sp³-hybridized carbons (Fsp3) is 0.143. The molecule has 0 unspecified atom stereocenters. The second-order valence-corrected chi connectivity index (χ2v) is 3.36. The van der Waals surface area contributed by atoms with Crippen molar-refractivity contribution in [3.63, 3.8) is 0 Å². The van der Waals surface area contributed by atoms with E-state index in [-0.39, 0.29) is 0 Å². The molecule has 16 heavy (non-hydrogen) atoms. The molecule has 0 atom stereocenters. The van der Waals surface area contributed by atoms with Crippen molar-refractivity contribution in [3.05, 3.63) is 48.5 Å². The van der Waals surface area contributed by atoms with E-state index in [1.165, 1.54) is 0 Å². The van der Waals surface area contributed by atoms with Gasteiger partial charge in [-0.2, -0.15) is 0 Å². The molecule has 0 heterocycles. The van der Waals surface area contributed by atoms with Gasteiger partial charge in [0.05, 0.1) is 14.2 Å². The second-order valence-electron chi connectivity index (χ2n) is 3.36. The average Bonchev–Trinajstić information content (AvgIpc) is 2.39. The lowest BCUT2D eigenvalue weighted by molar-refractivity contribution is 0.395. The van der Waals surface area contributed by atoms with Crippen molar-refractivity contribution in [2.24, 2.45) is 0 Å². The van der Waals surface area contributed by atoms with E-state index in [4.69, 9.17) is 9.47 Å². The number of rotatable bonds is 3. The molecule has 0 aliphatic carbocycles. The van der Waals surface area contributed by atoms with Gasteiger partial charge < -0.3 is 9.47 Å². The fourth-order valence-electron chi connectivity index (χ4n) is 1.60. The molecule has 2 heteroatoms. The van der Waals surface area contributed by atoms with Gasteiger partial charge in [0, 0.05) is 11.6 Å². The smallest absolute Gasteiger partial charge is 0.130 e. The lowest BCUT2D eigenvalue weighted by Crippen LogP contribution is -1.90. The van der Waals surface area contributed by atoms with Crippen LogP contribution in [0, 0.1) is 6.07 Å². The van der Waals surface area contributed by atoms with Gasteiger partial charge in [0.25, 0.3) is 0 Å². The molecular weight excluding hydrogens is 200 g/mol. The van der Waals surface area contributed by atoms with Crippen LogP contribution in [0.4, 0.5) is 0 Å². The third-order valence-corrected chi connectivity index (χ3v) is 2.43. The minimum Gasteiger partial charge on any atom is -0.497 e. The molecule has 0 aliphatic heterocycles. The van der Waals surface area contributed by atoms with E-state index in [0.717, 1.165) is 22.6 Å². The topological polar surface area (TPSA) is 18.5 Å². The normalized spacial score (nSPS) is 9.88. The minimum absolute atomic E-state index is 0.792. The van der Waals surface area contributed by atoms with Crippen LogP contribution in [0.3, 0.4) is 0 Å². The lowest BCUT2D eigenvalue weighted by atomic mass is 10.0. The van der Waals surface area contributed by atoms with Crippen LogP contribution in [-0.2, 0) is 0 Å². The first-order valence-corrected chi connectivity index (χ1v) is 5.03. The van der Waals surface area contributed by atoms with Crippen molar-refractivity contribution < 1.29 is 9.47 Å². The summed E-state index contributed by atoms with van der Waals surface area (Å²) in [5.74, 6) is 1.60. The Morgan fingerprint density at radius 2 is 1.94 bits per heavy atom. The molecule has 0 N–H and O–H groups in total. The largest absolute Gasteiger partial charge is 0.497 e. The maximum atomic E-state index is 5.35. The van der Waals surface area contributed by atoms with Crippen molar-refractivity contribution in [2.45, 2.75) is 0 Å². The van der Waals surface area contributed by atoms with E-state index < -0.39 is 0 Å². The Bertz CT molecular complexity index is 463. The average molecular weight is 213 g/mol. The number of benzene rings is 2. The monoisotopic (exact) mass is 213 g/mol. The van der Waals surface area contributed by atoms with Gasteiger partial charge in [-0.25, -0.2) is 0 Å². The molecule has 0 saturated heterocycles. The zero-order valence-corrected chi connectivity index (χ0v) is 9.36. The molecule has 0 aromatic heterocycles. The van der Waals surface area contributed by atoms with Gasteiger partial charge in [-0.05, 0) is 29.8 Å². The molecule has 2 aromatic rings. The summed E-state index contributed by atoms with van der Waals surface area (Å²) in [6.45, 7) is 0. The summed E-state index contributed by atoms with van der Waals surface area (Å²) in [6.07, 6.45) is 0. The van der Waals surface area contributed by atoms with Crippen LogP contribution in [0.5, 0.6) is 11.5 Å². The van der Waals surface area contributed by atoms with E-state index >= 15 is 0 Å². The number of ether oxygens (including phenoxy) is 2. The summed E-state index contributed by atoms with van der Waals surface area (Å²) in [5.41, 5.74) is 2.13.